The first-order valence-electron chi connectivity index (χ1n) is 6.19. The largest absolute Gasteiger partial charge is 0.381 e. The summed E-state index contributed by atoms with van der Waals surface area (Å²) in [6, 6.07) is 8.80. The van der Waals surface area contributed by atoms with E-state index >= 15 is 0 Å². The molecule has 0 amide bonds. The smallest absolute Gasteiger partial charge is 0.161 e. The number of aromatic nitrogens is 3. The molecule has 0 aliphatic rings. The Morgan fingerprint density at radius 1 is 1.23 bits per heavy atom. The zero-order valence-electron chi connectivity index (χ0n) is 11.3. The van der Waals surface area contributed by atoms with E-state index in [0.717, 1.165) is 0 Å². The van der Waals surface area contributed by atoms with Crippen molar-refractivity contribution in [2.45, 2.75) is 4.90 Å². The Hall–Kier alpha value is -2.26. The van der Waals surface area contributed by atoms with Crippen molar-refractivity contribution in [2.24, 2.45) is 10.1 Å². The fraction of sp³-hybridized carbons (Fsp3) is 0. The van der Waals surface area contributed by atoms with Crippen LogP contribution in [0.15, 0.2) is 62.8 Å². The summed E-state index contributed by atoms with van der Waals surface area (Å²) in [7, 11) is -2.86. The third-order valence-electron chi connectivity index (χ3n) is 2.89. The second-order valence-electron chi connectivity index (χ2n) is 4.47. The van der Waals surface area contributed by atoms with Gasteiger partial charge in [0.15, 0.2) is 11.5 Å². The zero-order chi connectivity index (χ0) is 15.7. The Labute approximate surface area is 135 Å². The van der Waals surface area contributed by atoms with E-state index in [9.17, 15) is 0 Å². The summed E-state index contributed by atoms with van der Waals surface area (Å²) in [4.78, 5) is 8.91. The molecule has 0 aliphatic heterocycles. The molecule has 4 N–H and O–H groups in total. The highest BCUT2D eigenvalue weighted by molar-refractivity contribution is 9.10. The summed E-state index contributed by atoms with van der Waals surface area (Å²) in [5, 5.41) is 0. The van der Waals surface area contributed by atoms with Crippen molar-refractivity contribution in [3.8, 4) is 0 Å². The lowest BCUT2D eigenvalue weighted by atomic mass is 10.4. The first-order chi connectivity index (χ1) is 10.5. The van der Waals surface area contributed by atoms with E-state index < -0.39 is 9.81 Å². The van der Waals surface area contributed by atoms with E-state index in [1.165, 1.54) is 0 Å². The molecule has 7 nitrogen and oxygen atoms in total. The third-order valence-corrected chi connectivity index (χ3v) is 4.73. The number of fused-ring (bicyclic) bond motifs is 1. The number of amidine groups is 1. The normalized spacial score (nSPS) is 12.7. The lowest BCUT2D eigenvalue weighted by Gasteiger charge is -2.06. The highest BCUT2D eigenvalue weighted by atomic mass is 79.9. The average Bonchev–Trinajstić information content (AvgIpc) is 2.91. The van der Waals surface area contributed by atoms with Gasteiger partial charge in [0.25, 0.3) is 0 Å². The summed E-state index contributed by atoms with van der Waals surface area (Å²) >= 11 is 3.28. The highest BCUT2D eigenvalue weighted by Crippen LogP contribution is 2.15. The van der Waals surface area contributed by atoms with Gasteiger partial charge in [-0.1, -0.05) is 18.2 Å². The van der Waals surface area contributed by atoms with Crippen molar-refractivity contribution in [1.29, 1.82) is 9.56 Å². The Morgan fingerprint density at radius 2 is 1.95 bits per heavy atom. The van der Waals surface area contributed by atoms with Crippen LogP contribution in [0.25, 0.3) is 5.65 Å². The zero-order valence-corrected chi connectivity index (χ0v) is 13.7. The minimum atomic E-state index is -2.86. The summed E-state index contributed by atoms with van der Waals surface area (Å²) < 4.78 is 22.8. The molecule has 9 heteroatoms. The molecule has 3 aromatic rings. The molecule has 0 aliphatic carbocycles. The van der Waals surface area contributed by atoms with Crippen LogP contribution in [0.1, 0.15) is 5.69 Å². The van der Waals surface area contributed by atoms with Crippen LogP contribution in [0, 0.1) is 9.56 Å². The van der Waals surface area contributed by atoms with Crippen LogP contribution in [-0.4, -0.2) is 20.2 Å². The average molecular weight is 378 g/mol. The molecule has 22 heavy (non-hydrogen) atoms. The number of imidazole rings is 1. The van der Waals surface area contributed by atoms with Crippen LogP contribution in [-0.2, 0) is 9.81 Å². The van der Waals surface area contributed by atoms with Gasteiger partial charge in [0, 0.05) is 17.3 Å². The summed E-state index contributed by atoms with van der Waals surface area (Å²) in [6.45, 7) is 0. The molecule has 0 saturated heterocycles. The molecule has 0 unspecified atom stereocenters. The number of benzene rings is 1. The van der Waals surface area contributed by atoms with Crippen LogP contribution in [0.4, 0.5) is 0 Å². The molecule has 2 aromatic heterocycles. The monoisotopic (exact) mass is 377 g/mol. The second-order valence-corrected chi connectivity index (χ2v) is 7.10. The third kappa shape index (κ3) is 2.85. The number of rotatable bonds is 3. The van der Waals surface area contributed by atoms with E-state index in [-0.39, 0.29) is 5.84 Å². The molecular formula is C13H12BrN7S. The van der Waals surface area contributed by atoms with Crippen molar-refractivity contribution in [3.63, 3.8) is 0 Å². The van der Waals surface area contributed by atoms with Crippen molar-refractivity contribution in [1.82, 2.24) is 14.4 Å². The Bertz CT molecular complexity index is 960. The minimum absolute atomic E-state index is 0.0728. The number of halogens is 1. The molecule has 0 fully saturated rings. The molecule has 2 heterocycles. The summed E-state index contributed by atoms with van der Waals surface area (Å²) in [5.74, 6) is 0.0728. The van der Waals surface area contributed by atoms with E-state index in [2.05, 4.69) is 30.3 Å². The van der Waals surface area contributed by atoms with Gasteiger partial charge in [-0.15, -0.1) is 0 Å². The van der Waals surface area contributed by atoms with Crippen LogP contribution in [0.3, 0.4) is 0 Å². The summed E-state index contributed by atoms with van der Waals surface area (Å²) in [5.41, 5.74) is 6.98. The van der Waals surface area contributed by atoms with Crippen molar-refractivity contribution < 1.29 is 0 Å². The standard InChI is InChI=1S/C13H12BrN7S/c14-11-8-21-7-10(19-12(21)6-18-11)13(15)20-22(16,17)9-4-2-1-3-5-9/h1-8H,(H4,15,16,17,20). The maximum Gasteiger partial charge on any atom is 0.161 e. The van der Waals surface area contributed by atoms with E-state index in [4.69, 9.17) is 15.3 Å². The van der Waals surface area contributed by atoms with Gasteiger partial charge >= 0.3 is 0 Å². The van der Waals surface area contributed by atoms with Gasteiger partial charge in [0.1, 0.15) is 10.3 Å². The van der Waals surface area contributed by atoms with Gasteiger partial charge in [0.05, 0.1) is 16.0 Å². The molecule has 3 rings (SSSR count). The fourth-order valence-electron chi connectivity index (χ4n) is 1.86. The SMILES string of the molecule is N=S(=N)(N=C(N)c1cn2cc(Br)ncc2n1)c1ccccc1. The molecule has 0 saturated carbocycles. The van der Waals surface area contributed by atoms with Crippen LogP contribution in [0.5, 0.6) is 0 Å². The molecule has 0 bridgehead atoms. The van der Waals surface area contributed by atoms with Crippen LogP contribution < -0.4 is 5.73 Å². The minimum Gasteiger partial charge on any atom is -0.381 e. The molecule has 0 spiro atoms. The first kappa shape index (κ1) is 14.7. The Morgan fingerprint density at radius 3 is 2.68 bits per heavy atom. The molecule has 112 valence electrons. The number of nitrogens with one attached hydrogen (secondary N) is 2. The lowest BCUT2D eigenvalue weighted by molar-refractivity contribution is 1.10. The van der Waals surface area contributed by atoms with Crippen molar-refractivity contribution in [3.05, 3.63) is 59.2 Å². The van der Waals surface area contributed by atoms with Gasteiger partial charge in [-0.2, -0.15) is 4.40 Å². The van der Waals surface area contributed by atoms with Gasteiger partial charge in [-0.3, -0.25) is 0 Å². The second kappa shape index (κ2) is 5.50. The summed E-state index contributed by atoms with van der Waals surface area (Å²) in [6.07, 6.45) is 5.04. The maximum absolute atomic E-state index is 8.14. The van der Waals surface area contributed by atoms with Crippen molar-refractivity contribution >= 4 is 37.2 Å². The number of hydrogen-bond donors (Lipinski definition) is 3. The van der Waals surface area contributed by atoms with E-state index in [1.54, 1.807) is 47.3 Å². The quantitative estimate of drug-likeness (QED) is 0.481. The van der Waals surface area contributed by atoms with E-state index in [1.807, 2.05) is 6.07 Å². The Kier molecular flexibility index (Phi) is 3.67. The molecule has 0 atom stereocenters. The predicted molar refractivity (Wildman–Crippen MR) is 88.9 cm³/mol. The topological polar surface area (TPSA) is 116 Å². The molecule has 0 radical (unpaired) electrons. The lowest BCUT2D eigenvalue weighted by Crippen LogP contribution is -2.15. The fourth-order valence-corrected chi connectivity index (χ4v) is 3.23. The van der Waals surface area contributed by atoms with Crippen LogP contribution >= 0.6 is 15.9 Å². The Balaban J connectivity index is 2.03. The molecular weight excluding hydrogens is 366 g/mol. The van der Waals surface area contributed by atoms with E-state index in [0.29, 0.717) is 20.8 Å². The van der Waals surface area contributed by atoms with Gasteiger partial charge in [-0.05, 0) is 28.1 Å². The van der Waals surface area contributed by atoms with Gasteiger partial charge in [0.2, 0.25) is 0 Å². The number of hydrogen-bond acceptors (Lipinski definition) is 4. The van der Waals surface area contributed by atoms with Gasteiger partial charge in [-0.25, -0.2) is 19.5 Å². The predicted octanol–water partition coefficient (Wildman–Crippen LogP) is 2.85. The molecule has 1 aromatic carbocycles. The first-order valence-corrected chi connectivity index (χ1v) is 8.57. The maximum atomic E-state index is 8.14. The van der Waals surface area contributed by atoms with Crippen LogP contribution in [0.2, 0.25) is 0 Å². The number of nitrogens with two attached hydrogens (primary N) is 1. The van der Waals surface area contributed by atoms with Gasteiger partial charge < -0.3 is 10.1 Å². The highest BCUT2D eigenvalue weighted by Gasteiger charge is 2.10. The van der Waals surface area contributed by atoms with Crippen molar-refractivity contribution in [2.75, 3.05) is 0 Å². The number of nitrogens with zero attached hydrogens (tertiary/aromatic N) is 4.